The molecule has 4 heteroatoms. The van der Waals surface area contributed by atoms with Gasteiger partial charge in [-0.15, -0.1) is 0 Å². The van der Waals surface area contributed by atoms with Gasteiger partial charge < -0.3 is 8.59 Å². The molecule has 0 aliphatic carbocycles. The van der Waals surface area contributed by atoms with Crippen LogP contribution in [0.1, 0.15) is 2.85 Å². The molecular formula is CH5K2NO. The molecule has 2 N–H and O–H groups in total. The first-order valence-electron chi connectivity index (χ1n) is 0.569. The molecule has 0 aromatic carbocycles. The van der Waals surface area contributed by atoms with Crippen molar-refractivity contribution in [2.24, 2.45) is 5.73 Å². The van der Waals surface area contributed by atoms with Crippen molar-refractivity contribution in [3.63, 3.8) is 0 Å². The third kappa shape index (κ3) is 20.2. The average molecular weight is 125 g/mol. The minimum atomic E-state index is 0. The Bertz CT molecular complexity index is 23.2. The summed E-state index contributed by atoms with van der Waals surface area (Å²) in [6.45, 7) is 0. The molecule has 22 valence electrons. The smallest absolute Gasteiger partial charge is 1.00 e. The van der Waals surface area contributed by atoms with E-state index >= 15 is 0 Å². The van der Waals surface area contributed by atoms with Crippen LogP contribution in [-0.2, 0) is 4.79 Å². The monoisotopic (exact) mass is 125 g/mol. The van der Waals surface area contributed by atoms with Crippen LogP contribution in [0.5, 0.6) is 0 Å². The van der Waals surface area contributed by atoms with Crippen molar-refractivity contribution in [3.8, 4) is 0 Å². The quantitative estimate of drug-likeness (QED) is 0.254. The predicted octanol–water partition coefficient (Wildman–Crippen LogP) is -6.67. The Morgan fingerprint density at radius 1 is 1.60 bits per heavy atom. The molecule has 0 bridgehead atoms. The maximum atomic E-state index is 8.58. The summed E-state index contributed by atoms with van der Waals surface area (Å²) in [5.41, 5.74) is 4.17. The predicted molar refractivity (Wildman–Crippen MR) is 12.5 cm³/mol. The summed E-state index contributed by atoms with van der Waals surface area (Å²) in [5.74, 6) is 0. The van der Waals surface area contributed by atoms with Crippen LogP contribution in [0.25, 0.3) is 0 Å². The van der Waals surface area contributed by atoms with E-state index in [9.17, 15) is 0 Å². The fourth-order valence-electron chi connectivity index (χ4n) is 0. The van der Waals surface area contributed by atoms with E-state index in [1.165, 1.54) is 0 Å². The summed E-state index contributed by atoms with van der Waals surface area (Å²) in [6.07, 6.45) is 0.250. The third-order valence-electron chi connectivity index (χ3n) is 0. The molecule has 0 radical (unpaired) electrons. The molecule has 0 unspecified atom stereocenters. The van der Waals surface area contributed by atoms with Crippen LogP contribution < -0.4 is 109 Å². The first-order valence-corrected chi connectivity index (χ1v) is 0.569. The molecule has 0 heterocycles. The number of carbonyl (C=O) groups is 1. The molecule has 0 rings (SSSR count). The number of rotatable bonds is 0. The molecule has 0 saturated heterocycles. The molecular weight excluding hydrogens is 120 g/mol. The van der Waals surface area contributed by atoms with E-state index in [-0.39, 0.29) is 112 Å². The summed E-state index contributed by atoms with van der Waals surface area (Å²) in [4.78, 5) is 8.58. The van der Waals surface area contributed by atoms with Crippen molar-refractivity contribution < 1.29 is 110 Å². The number of amides is 1. The molecule has 0 fully saturated rings. The summed E-state index contributed by atoms with van der Waals surface area (Å²) in [7, 11) is 0. The van der Waals surface area contributed by atoms with E-state index < -0.39 is 0 Å². The van der Waals surface area contributed by atoms with Gasteiger partial charge in [-0.05, 0) is 0 Å². The van der Waals surface area contributed by atoms with Crippen molar-refractivity contribution >= 4 is 6.41 Å². The first-order chi connectivity index (χ1) is 1.41. The normalized spacial score (nSPS) is 2.40. The number of hydrogen-bond acceptors (Lipinski definition) is 1. The Balaban J connectivity index is -0.00000000333. The number of nitrogens with two attached hydrogens (primary N) is 1. The van der Waals surface area contributed by atoms with Crippen LogP contribution in [-0.4, -0.2) is 6.41 Å². The van der Waals surface area contributed by atoms with Gasteiger partial charge in [-0.25, -0.2) is 0 Å². The topological polar surface area (TPSA) is 43.1 Å². The van der Waals surface area contributed by atoms with E-state index in [1.807, 2.05) is 0 Å². The van der Waals surface area contributed by atoms with E-state index in [0.29, 0.717) is 0 Å². The molecule has 2 nitrogen and oxygen atoms in total. The third-order valence-corrected chi connectivity index (χ3v) is 0. The summed E-state index contributed by atoms with van der Waals surface area (Å²) < 4.78 is 0. The van der Waals surface area contributed by atoms with Gasteiger partial charge in [0.05, 0.1) is 0 Å². The van der Waals surface area contributed by atoms with E-state index in [0.717, 1.165) is 0 Å². The SMILES string of the molecule is NC=O.[H-].[H-].[K+].[K+]. The van der Waals surface area contributed by atoms with Gasteiger partial charge in [-0.3, -0.25) is 4.79 Å². The Kier molecular flexibility index (Phi) is 49.7. The zero-order valence-electron chi connectivity index (χ0n) is 5.56. The van der Waals surface area contributed by atoms with Gasteiger partial charge in [-0.1, -0.05) is 0 Å². The van der Waals surface area contributed by atoms with E-state index in [2.05, 4.69) is 5.73 Å². The maximum Gasteiger partial charge on any atom is 1.00 e. The van der Waals surface area contributed by atoms with Crippen molar-refractivity contribution in [1.82, 2.24) is 0 Å². The van der Waals surface area contributed by atoms with Crippen molar-refractivity contribution in [2.45, 2.75) is 0 Å². The number of carbonyl (C=O) groups excluding carboxylic acids is 1. The standard InChI is InChI=1S/CH3NO.2K.2H/c2-1-3;;;;/h1H,(H2,2,3);;;;/q;2*+1;2*-1. The zero-order chi connectivity index (χ0) is 2.71. The Morgan fingerprint density at radius 3 is 1.60 bits per heavy atom. The van der Waals surface area contributed by atoms with Gasteiger partial charge in [0.25, 0.3) is 0 Å². The second kappa shape index (κ2) is 15.9. The second-order valence-corrected chi connectivity index (χ2v) is 0.136. The molecule has 0 saturated carbocycles. The molecule has 0 spiro atoms. The minimum absolute atomic E-state index is 0. The number of primary amides is 1. The molecule has 5 heavy (non-hydrogen) atoms. The van der Waals surface area contributed by atoms with Crippen LogP contribution in [0, 0.1) is 0 Å². The Hall–Kier alpha value is 2.74. The zero-order valence-corrected chi connectivity index (χ0v) is 9.81. The molecule has 0 aromatic rings. The Labute approximate surface area is 119 Å². The fourth-order valence-corrected chi connectivity index (χ4v) is 0. The van der Waals surface area contributed by atoms with E-state index in [4.69, 9.17) is 4.79 Å². The van der Waals surface area contributed by atoms with Gasteiger partial charge in [0.1, 0.15) is 0 Å². The number of hydrogen-bond donors (Lipinski definition) is 1. The molecule has 1 amide bonds. The first kappa shape index (κ1) is 15.6. The van der Waals surface area contributed by atoms with Crippen molar-refractivity contribution in [2.75, 3.05) is 0 Å². The van der Waals surface area contributed by atoms with Gasteiger partial charge in [0, 0.05) is 0 Å². The summed E-state index contributed by atoms with van der Waals surface area (Å²) in [6, 6.07) is 0. The minimum Gasteiger partial charge on any atom is -1.00 e. The second-order valence-electron chi connectivity index (χ2n) is 0.136. The van der Waals surface area contributed by atoms with Gasteiger partial charge in [-0.2, -0.15) is 0 Å². The summed E-state index contributed by atoms with van der Waals surface area (Å²) >= 11 is 0. The fraction of sp³-hybridized carbons (Fsp3) is 0. The van der Waals surface area contributed by atoms with Crippen LogP contribution in [0.3, 0.4) is 0 Å². The van der Waals surface area contributed by atoms with Gasteiger partial charge >= 0.3 is 103 Å². The molecule has 0 atom stereocenters. The van der Waals surface area contributed by atoms with Crippen LogP contribution in [0.4, 0.5) is 0 Å². The average Bonchev–Trinajstić information content (AvgIpc) is 0.918. The summed E-state index contributed by atoms with van der Waals surface area (Å²) in [5, 5.41) is 0. The van der Waals surface area contributed by atoms with Crippen LogP contribution in [0.15, 0.2) is 0 Å². The molecule has 0 aliphatic rings. The molecule has 0 aromatic heterocycles. The van der Waals surface area contributed by atoms with E-state index in [1.54, 1.807) is 0 Å². The molecule has 0 aliphatic heterocycles. The van der Waals surface area contributed by atoms with Gasteiger partial charge in [0.2, 0.25) is 6.41 Å². The van der Waals surface area contributed by atoms with Crippen molar-refractivity contribution in [1.29, 1.82) is 0 Å². The Morgan fingerprint density at radius 2 is 1.60 bits per heavy atom. The van der Waals surface area contributed by atoms with Crippen LogP contribution >= 0.6 is 0 Å². The van der Waals surface area contributed by atoms with Crippen molar-refractivity contribution in [3.05, 3.63) is 0 Å². The maximum absolute atomic E-state index is 8.58. The van der Waals surface area contributed by atoms with Gasteiger partial charge in [0.15, 0.2) is 0 Å². The van der Waals surface area contributed by atoms with Crippen LogP contribution in [0.2, 0.25) is 0 Å². The largest absolute Gasteiger partial charge is 1.00 e.